The van der Waals surface area contributed by atoms with Gasteiger partial charge in [-0.3, -0.25) is 14.7 Å². The largest absolute Gasteiger partial charge is 0.357 e. The van der Waals surface area contributed by atoms with Crippen molar-refractivity contribution in [1.29, 1.82) is 0 Å². The summed E-state index contributed by atoms with van der Waals surface area (Å²) in [4.78, 5) is 23.6. The van der Waals surface area contributed by atoms with Crippen molar-refractivity contribution in [2.45, 2.75) is 33.2 Å². The number of benzene rings is 1. The van der Waals surface area contributed by atoms with E-state index in [1.807, 2.05) is 18.2 Å². The van der Waals surface area contributed by atoms with Gasteiger partial charge < -0.3 is 20.4 Å². The Kier molecular flexibility index (Phi) is 10.1. The molecule has 0 saturated carbocycles. The Balaban J connectivity index is 1.84. The van der Waals surface area contributed by atoms with Crippen LogP contribution in [0.5, 0.6) is 0 Å². The molecule has 2 N–H and O–H groups in total. The molecule has 1 saturated heterocycles. The summed E-state index contributed by atoms with van der Waals surface area (Å²) in [6.07, 6.45) is 0.841. The van der Waals surface area contributed by atoms with Gasteiger partial charge in [0, 0.05) is 65.0 Å². The van der Waals surface area contributed by atoms with Crippen LogP contribution in [0.1, 0.15) is 36.7 Å². The van der Waals surface area contributed by atoms with Crippen molar-refractivity contribution in [3.63, 3.8) is 0 Å². The molecule has 1 amide bonds. The number of nitrogens with one attached hydrogen (secondary N) is 2. The molecule has 1 aromatic carbocycles. The molecule has 30 heavy (non-hydrogen) atoms. The van der Waals surface area contributed by atoms with Crippen LogP contribution >= 0.6 is 0 Å². The first kappa shape index (κ1) is 24.2. The molecule has 1 heterocycles. The predicted octanol–water partition coefficient (Wildman–Crippen LogP) is 1.51. The number of carbonyl (C=O) groups is 1. The van der Waals surface area contributed by atoms with Gasteiger partial charge in [0.15, 0.2) is 5.96 Å². The number of likely N-dealkylation sites (N-methyl/N-ethyl adjacent to an activating group) is 1. The van der Waals surface area contributed by atoms with E-state index in [0.29, 0.717) is 6.04 Å². The summed E-state index contributed by atoms with van der Waals surface area (Å²) in [6, 6.07) is 8.30. The molecule has 1 aliphatic rings. The van der Waals surface area contributed by atoms with Crippen LogP contribution in [0.3, 0.4) is 0 Å². The highest BCUT2D eigenvalue weighted by Gasteiger charge is 2.19. The van der Waals surface area contributed by atoms with E-state index in [9.17, 15) is 4.79 Å². The Morgan fingerprint density at radius 2 is 1.90 bits per heavy atom. The first-order chi connectivity index (χ1) is 14.4. The van der Waals surface area contributed by atoms with Gasteiger partial charge in [0.05, 0.1) is 6.54 Å². The van der Waals surface area contributed by atoms with Crippen LogP contribution in [0.25, 0.3) is 0 Å². The second-order valence-electron chi connectivity index (χ2n) is 8.12. The molecule has 7 nitrogen and oxygen atoms in total. The zero-order valence-corrected chi connectivity index (χ0v) is 19.4. The van der Waals surface area contributed by atoms with Gasteiger partial charge in [0.2, 0.25) is 0 Å². The number of rotatable bonds is 9. The van der Waals surface area contributed by atoms with E-state index in [4.69, 9.17) is 4.99 Å². The van der Waals surface area contributed by atoms with E-state index in [1.165, 1.54) is 0 Å². The highest BCUT2D eigenvalue weighted by atomic mass is 16.2. The fraction of sp³-hybridized carbons (Fsp3) is 0.652. The van der Waals surface area contributed by atoms with Gasteiger partial charge in [-0.1, -0.05) is 19.1 Å². The van der Waals surface area contributed by atoms with E-state index in [0.717, 1.165) is 75.9 Å². The lowest BCUT2D eigenvalue weighted by molar-refractivity contribution is 0.0827. The summed E-state index contributed by atoms with van der Waals surface area (Å²) in [6.45, 7) is 14.7. The van der Waals surface area contributed by atoms with Crippen molar-refractivity contribution in [2.75, 3.05) is 66.5 Å². The molecule has 1 aromatic rings. The van der Waals surface area contributed by atoms with Crippen molar-refractivity contribution >= 4 is 11.9 Å². The quantitative estimate of drug-likeness (QED) is 0.472. The standard InChI is InChI=1S/C23H40N6O/c1-6-24-23(26-18-19(3)29-15-13-28(7-2)14-16-29)25-12-11-20-9-8-10-21(17-20)22(30)27(4)5/h8-10,17,19H,6-7,11-16,18H2,1-5H3,(H2,24,25,26). The molecule has 1 fully saturated rings. The van der Waals surface area contributed by atoms with Gasteiger partial charge in [0.1, 0.15) is 0 Å². The Hall–Kier alpha value is -2.12. The monoisotopic (exact) mass is 416 g/mol. The first-order valence-electron chi connectivity index (χ1n) is 11.2. The number of hydrogen-bond acceptors (Lipinski definition) is 4. The predicted molar refractivity (Wildman–Crippen MR) is 125 cm³/mol. The molecule has 1 unspecified atom stereocenters. The Morgan fingerprint density at radius 1 is 1.17 bits per heavy atom. The van der Waals surface area contributed by atoms with E-state index < -0.39 is 0 Å². The molecule has 0 bridgehead atoms. The third-order valence-corrected chi connectivity index (χ3v) is 5.62. The number of nitrogens with zero attached hydrogens (tertiary/aromatic N) is 4. The number of piperazine rings is 1. The van der Waals surface area contributed by atoms with E-state index in [2.05, 4.69) is 47.3 Å². The number of aliphatic imine (C=N–C) groups is 1. The molecule has 0 spiro atoms. The smallest absolute Gasteiger partial charge is 0.253 e. The van der Waals surface area contributed by atoms with E-state index >= 15 is 0 Å². The minimum atomic E-state index is 0.0356. The highest BCUT2D eigenvalue weighted by molar-refractivity contribution is 5.94. The van der Waals surface area contributed by atoms with Gasteiger partial charge in [-0.25, -0.2) is 0 Å². The molecule has 1 aliphatic heterocycles. The third kappa shape index (κ3) is 7.61. The fourth-order valence-electron chi connectivity index (χ4n) is 3.64. The number of amides is 1. The third-order valence-electron chi connectivity index (χ3n) is 5.62. The Labute approximate surface area is 182 Å². The number of carbonyl (C=O) groups excluding carboxylic acids is 1. The molecule has 1 atom stereocenters. The maximum Gasteiger partial charge on any atom is 0.253 e. The zero-order valence-electron chi connectivity index (χ0n) is 19.4. The lowest BCUT2D eigenvalue weighted by Gasteiger charge is -2.37. The van der Waals surface area contributed by atoms with Gasteiger partial charge in [-0.2, -0.15) is 0 Å². The lowest BCUT2D eigenvalue weighted by atomic mass is 10.1. The average Bonchev–Trinajstić information content (AvgIpc) is 2.76. The van der Waals surface area contributed by atoms with Crippen molar-refractivity contribution in [3.05, 3.63) is 35.4 Å². The van der Waals surface area contributed by atoms with Gasteiger partial charge >= 0.3 is 0 Å². The van der Waals surface area contributed by atoms with Gasteiger partial charge in [-0.05, 0) is 44.5 Å². The molecular weight excluding hydrogens is 376 g/mol. The van der Waals surface area contributed by atoms with E-state index in [-0.39, 0.29) is 5.91 Å². The van der Waals surface area contributed by atoms with Crippen LogP contribution in [0.2, 0.25) is 0 Å². The summed E-state index contributed by atoms with van der Waals surface area (Å²) < 4.78 is 0. The number of guanidine groups is 1. The molecular formula is C23H40N6O. The minimum absolute atomic E-state index is 0.0356. The van der Waals surface area contributed by atoms with Crippen molar-refractivity contribution in [2.24, 2.45) is 4.99 Å². The first-order valence-corrected chi connectivity index (χ1v) is 11.2. The van der Waals surface area contributed by atoms with E-state index in [1.54, 1.807) is 19.0 Å². The average molecular weight is 417 g/mol. The van der Waals surface area contributed by atoms with Crippen molar-refractivity contribution in [3.8, 4) is 0 Å². The lowest BCUT2D eigenvalue weighted by Crippen LogP contribution is -2.50. The summed E-state index contributed by atoms with van der Waals surface area (Å²) in [5, 5.41) is 6.77. The molecule has 0 aromatic heterocycles. The van der Waals surface area contributed by atoms with Crippen LogP contribution in [0.4, 0.5) is 0 Å². The van der Waals surface area contributed by atoms with Crippen LogP contribution in [0.15, 0.2) is 29.3 Å². The van der Waals surface area contributed by atoms with Crippen LogP contribution in [-0.2, 0) is 6.42 Å². The fourth-order valence-corrected chi connectivity index (χ4v) is 3.64. The summed E-state index contributed by atoms with van der Waals surface area (Å²) in [5.41, 5.74) is 1.88. The van der Waals surface area contributed by atoms with Crippen LogP contribution < -0.4 is 10.6 Å². The Morgan fingerprint density at radius 3 is 2.53 bits per heavy atom. The molecule has 0 aliphatic carbocycles. The molecule has 7 heteroatoms. The highest BCUT2D eigenvalue weighted by Crippen LogP contribution is 2.08. The minimum Gasteiger partial charge on any atom is -0.357 e. The SMILES string of the molecule is CCNC(=NCC(C)N1CCN(CC)CC1)NCCc1cccc(C(=O)N(C)C)c1. The Bertz CT molecular complexity index is 682. The maximum atomic E-state index is 12.2. The topological polar surface area (TPSA) is 63.2 Å². The van der Waals surface area contributed by atoms with Crippen molar-refractivity contribution < 1.29 is 4.79 Å². The van der Waals surface area contributed by atoms with Crippen LogP contribution in [0, 0.1) is 0 Å². The summed E-state index contributed by atoms with van der Waals surface area (Å²) in [5.74, 6) is 0.894. The normalized spacial score (nSPS) is 16.9. The van der Waals surface area contributed by atoms with Crippen molar-refractivity contribution in [1.82, 2.24) is 25.3 Å². The van der Waals surface area contributed by atoms with Gasteiger partial charge in [-0.15, -0.1) is 0 Å². The maximum absolute atomic E-state index is 12.2. The molecule has 0 radical (unpaired) electrons. The molecule has 168 valence electrons. The van der Waals surface area contributed by atoms with Gasteiger partial charge in [0.25, 0.3) is 5.91 Å². The summed E-state index contributed by atoms with van der Waals surface area (Å²) in [7, 11) is 3.56. The zero-order chi connectivity index (χ0) is 21.9. The second-order valence-corrected chi connectivity index (χ2v) is 8.12. The summed E-state index contributed by atoms with van der Waals surface area (Å²) >= 11 is 0. The van der Waals surface area contributed by atoms with Crippen LogP contribution in [-0.4, -0.2) is 99.1 Å². The second kappa shape index (κ2) is 12.5. The molecule has 2 rings (SSSR count). The number of hydrogen-bond donors (Lipinski definition) is 2.